The van der Waals surface area contributed by atoms with Crippen molar-refractivity contribution in [2.24, 2.45) is 5.73 Å². The molecule has 1 aromatic carbocycles. The third kappa shape index (κ3) is 2.59. The van der Waals surface area contributed by atoms with Gasteiger partial charge < -0.3 is 5.73 Å². The Hall–Kier alpha value is -1.40. The predicted octanol–water partition coefficient (Wildman–Crippen LogP) is 2.28. The quantitative estimate of drug-likeness (QED) is 0.647. The third-order valence-electron chi connectivity index (χ3n) is 1.88. The fourth-order valence-electron chi connectivity index (χ4n) is 1.12. The van der Waals surface area contributed by atoms with Crippen LogP contribution in [-0.4, -0.2) is 15.2 Å². The molecule has 1 aromatic heterocycles. The Bertz CT molecular complexity index is 504. The minimum atomic E-state index is 0.0864. The minimum Gasteiger partial charge on any atom is -0.384 e. The molecule has 2 aromatic rings. The summed E-state index contributed by atoms with van der Waals surface area (Å²) in [6.45, 7) is 1.87. The molecule has 82 valence electrons. The van der Waals surface area contributed by atoms with Crippen molar-refractivity contribution in [3.8, 4) is 0 Å². The number of nitrogens with zero attached hydrogens (tertiary/aromatic N) is 2. The van der Waals surface area contributed by atoms with Crippen LogP contribution in [0.2, 0.25) is 0 Å². The predicted molar refractivity (Wildman–Crippen MR) is 66.2 cm³/mol. The molecule has 0 spiro atoms. The van der Waals surface area contributed by atoms with Gasteiger partial charge in [-0.25, -0.2) is 4.98 Å². The maximum absolute atomic E-state index is 7.28. The number of aromatic nitrogens is 2. The summed E-state index contributed by atoms with van der Waals surface area (Å²) in [5, 5.41) is 7.28. The minimum absolute atomic E-state index is 0.0864. The Morgan fingerprint density at radius 1 is 1.38 bits per heavy atom. The molecular weight excluding hydrogens is 240 g/mol. The van der Waals surface area contributed by atoms with Crippen molar-refractivity contribution in [2.45, 2.75) is 16.2 Å². The maximum Gasteiger partial charge on any atom is 0.174 e. The van der Waals surface area contributed by atoms with Crippen LogP contribution < -0.4 is 5.73 Å². The zero-order valence-electron chi connectivity index (χ0n) is 8.60. The van der Waals surface area contributed by atoms with Gasteiger partial charge in [0.15, 0.2) is 4.34 Å². The van der Waals surface area contributed by atoms with E-state index in [9.17, 15) is 0 Å². The van der Waals surface area contributed by atoms with E-state index in [1.165, 1.54) is 11.5 Å². The molecule has 0 unspecified atom stereocenters. The first-order valence-corrected chi connectivity index (χ1v) is 6.17. The van der Waals surface area contributed by atoms with Gasteiger partial charge in [-0.15, -0.1) is 0 Å². The molecule has 3 N–H and O–H groups in total. The second-order valence-electron chi connectivity index (χ2n) is 3.15. The standard InChI is InChI=1S/C10H10N4S2/c1-6-13-10(16-14-6)15-8-4-2-7(3-5-8)9(11)12/h2-5H,1H3,(H3,11,12). The second kappa shape index (κ2) is 4.63. The zero-order chi connectivity index (χ0) is 11.5. The average Bonchev–Trinajstić information content (AvgIpc) is 2.65. The van der Waals surface area contributed by atoms with E-state index < -0.39 is 0 Å². The third-order valence-corrected chi connectivity index (χ3v) is 3.73. The molecule has 6 heteroatoms. The lowest BCUT2D eigenvalue weighted by Crippen LogP contribution is -2.10. The van der Waals surface area contributed by atoms with Gasteiger partial charge in [0.1, 0.15) is 11.7 Å². The lowest BCUT2D eigenvalue weighted by molar-refractivity contribution is 1.10. The number of rotatable bonds is 3. The van der Waals surface area contributed by atoms with Crippen LogP contribution in [0.1, 0.15) is 11.4 Å². The molecule has 0 radical (unpaired) electrons. The van der Waals surface area contributed by atoms with Crippen molar-refractivity contribution >= 4 is 29.1 Å². The molecule has 0 saturated carbocycles. The first-order chi connectivity index (χ1) is 7.65. The number of amidine groups is 1. The van der Waals surface area contributed by atoms with Crippen molar-refractivity contribution in [2.75, 3.05) is 0 Å². The highest BCUT2D eigenvalue weighted by Crippen LogP contribution is 2.28. The summed E-state index contributed by atoms with van der Waals surface area (Å²) < 4.78 is 5.04. The van der Waals surface area contributed by atoms with Gasteiger partial charge in [-0.05, 0) is 30.6 Å². The highest BCUT2D eigenvalue weighted by molar-refractivity contribution is 8.01. The van der Waals surface area contributed by atoms with E-state index in [2.05, 4.69) is 9.36 Å². The van der Waals surface area contributed by atoms with Gasteiger partial charge in [-0.2, -0.15) is 4.37 Å². The highest BCUT2D eigenvalue weighted by atomic mass is 32.2. The molecule has 0 atom stereocenters. The van der Waals surface area contributed by atoms with E-state index in [0.717, 1.165) is 20.6 Å². The van der Waals surface area contributed by atoms with E-state index in [0.29, 0.717) is 0 Å². The average molecular weight is 250 g/mol. The summed E-state index contributed by atoms with van der Waals surface area (Å²) in [6.07, 6.45) is 0. The lowest BCUT2D eigenvalue weighted by Gasteiger charge is -2.00. The van der Waals surface area contributed by atoms with Crippen molar-refractivity contribution in [1.82, 2.24) is 9.36 Å². The highest BCUT2D eigenvalue weighted by Gasteiger charge is 2.03. The molecule has 0 saturated heterocycles. The number of benzene rings is 1. The fourth-order valence-corrected chi connectivity index (χ4v) is 2.75. The van der Waals surface area contributed by atoms with E-state index in [-0.39, 0.29) is 5.84 Å². The van der Waals surface area contributed by atoms with Crippen LogP contribution in [0, 0.1) is 12.3 Å². The molecule has 4 nitrogen and oxygen atoms in total. The fraction of sp³-hybridized carbons (Fsp3) is 0.100. The van der Waals surface area contributed by atoms with Gasteiger partial charge in [-0.1, -0.05) is 23.9 Å². The molecule has 0 aliphatic rings. The van der Waals surface area contributed by atoms with Gasteiger partial charge >= 0.3 is 0 Å². The monoisotopic (exact) mass is 250 g/mol. The van der Waals surface area contributed by atoms with E-state index in [1.54, 1.807) is 11.8 Å². The van der Waals surface area contributed by atoms with Gasteiger partial charge in [0, 0.05) is 10.5 Å². The largest absolute Gasteiger partial charge is 0.384 e. The Morgan fingerprint density at radius 3 is 2.56 bits per heavy atom. The summed E-state index contributed by atoms with van der Waals surface area (Å²) >= 11 is 2.95. The summed E-state index contributed by atoms with van der Waals surface area (Å²) in [7, 11) is 0. The molecule has 1 heterocycles. The number of nitrogen functional groups attached to an aromatic ring is 1. The summed E-state index contributed by atoms with van der Waals surface area (Å²) in [5.41, 5.74) is 6.11. The molecular formula is C10H10N4S2. The van der Waals surface area contributed by atoms with Gasteiger partial charge in [0.05, 0.1) is 0 Å². The van der Waals surface area contributed by atoms with E-state index in [1.807, 2.05) is 31.2 Å². The van der Waals surface area contributed by atoms with Crippen molar-refractivity contribution in [3.05, 3.63) is 35.7 Å². The Balaban J connectivity index is 2.14. The Labute approximate surface area is 102 Å². The summed E-state index contributed by atoms with van der Waals surface area (Å²) in [6, 6.07) is 7.52. The zero-order valence-corrected chi connectivity index (χ0v) is 10.2. The van der Waals surface area contributed by atoms with Crippen molar-refractivity contribution in [3.63, 3.8) is 0 Å². The molecule has 0 amide bonds. The number of hydrogen-bond donors (Lipinski definition) is 2. The van der Waals surface area contributed by atoms with Crippen LogP contribution in [0.4, 0.5) is 0 Å². The molecule has 0 aliphatic heterocycles. The topological polar surface area (TPSA) is 75.7 Å². The van der Waals surface area contributed by atoms with Crippen LogP contribution in [0.25, 0.3) is 0 Å². The molecule has 0 bridgehead atoms. The number of nitrogens with two attached hydrogens (primary N) is 1. The van der Waals surface area contributed by atoms with Gasteiger partial charge in [0.2, 0.25) is 0 Å². The molecule has 16 heavy (non-hydrogen) atoms. The van der Waals surface area contributed by atoms with Gasteiger partial charge in [-0.3, -0.25) is 5.41 Å². The van der Waals surface area contributed by atoms with Crippen molar-refractivity contribution < 1.29 is 0 Å². The number of nitrogens with one attached hydrogen (secondary N) is 1. The normalized spacial score (nSPS) is 10.3. The van der Waals surface area contributed by atoms with E-state index >= 15 is 0 Å². The maximum atomic E-state index is 7.28. The second-order valence-corrected chi connectivity index (χ2v) is 5.22. The van der Waals surface area contributed by atoms with Crippen LogP contribution in [0.3, 0.4) is 0 Å². The first-order valence-electron chi connectivity index (χ1n) is 4.58. The van der Waals surface area contributed by atoms with Crippen LogP contribution in [0.5, 0.6) is 0 Å². The SMILES string of the molecule is Cc1nsc(Sc2ccc(C(=N)N)cc2)n1. The first kappa shape index (κ1) is 11.1. The van der Waals surface area contributed by atoms with Crippen molar-refractivity contribution in [1.29, 1.82) is 5.41 Å². The summed E-state index contributed by atoms with van der Waals surface area (Å²) in [5.74, 6) is 0.885. The van der Waals surface area contributed by atoms with Gasteiger partial charge in [0.25, 0.3) is 0 Å². The Kier molecular flexibility index (Phi) is 3.21. The smallest absolute Gasteiger partial charge is 0.174 e. The number of hydrogen-bond acceptors (Lipinski definition) is 5. The van der Waals surface area contributed by atoms with Crippen LogP contribution >= 0.6 is 23.3 Å². The molecule has 0 fully saturated rings. The van der Waals surface area contributed by atoms with Crippen LogP contribution in [-0.2, 0) is 0 Å². The lowest BCUT2D eigenvalue weighted by atomic mass is 10.2. The molecule has 0 aliphatic carbocycles. The summed E-state index contributed by atoms with van der Waals surface area (Å²) in [4.78, 5) is 5.34. The van der Waals surface area contributed by atoms with Crippen LogP contribution in [0.15, 0.2) is 33.5 Å². The molecule has 2 rings (SSSR count). The van der Waals surface area contributed by atoms with E-state index in [4.69, 9.17) is 11.1 Å². The number of aryl methyl sites for hydroxylation is 1. The Morgan fingerprint density at radius 2 is 2.06 bits per heavy atom.